The van der Waals surface area contributed by atoms with Crippen LogP contribution in [0.4, 0.5) is 0 Å². The Morgan fingerprint density at radius 1 is 1.35 bits per heavy atom. The lowest BCUT2D eigenvalue weighted by atomic mass is 9.69. The van der Waals surface area contributed by atoms with E-state index in [1.807, 2.05) is 11.3 Å². The molecule has 1 saturated carbocycles. The van der Waals surface area contributed by atoms with Crippen molar-refractivity contribution >= 4 is 11.3 Å². The zero-order valence-corrected chi connectivity index (χ0v) is 12.2. The minimum absolute atomic E-state index is 0.460. The van der Waals surface area contributed by atoms with Crippen molar-refractivity contribution in [2.75, 3.05) is 6.54 Å². The van der Waals surface area contributed by atoms with Crippen molar-refractivity contribution in [2.24, 2.45) is 5.41 Å². The molecule has 0 aliphatic heterocycles. The lowest BCUT2D eigenvalue weighted by Crippen LogP contribution is -2.37. The number of nitrogens with one attached hydrogen (secondary N) is 1. The molecule has 1 aliphatic rings. The first kappa shape index (κ1) is 13.1. The summed E-state index contributed by atoms with van der Waals surface area (Å²) in [5.41, 5.74) is 1.97. The molecule has 1 heterocycles. The third kappa shape index (κ3) is 2.92. The molecule has 96 valence electrons. The first-order valence-corrected chi connectivity index (χ1v) is 7.82. The molecule has 0 saturated heterocycles. The molecule has 1 N–H and O–H groups in total. The van der Waals surface area contributed by atoms with Crippen LogP contribution in [0.1, 0.15) is 62.4 Å². The number of aryl methyl sites for hydroxylation is 1. The smallest absolute Gasteiger partial charge is 0.0382 e. The monoisotopic (exact) mass is 251 g/mol. The van der Waals surface area contributed by atoms with E-state index < -0.39 is 0 Å². The Kier molecular flexibility index (Phi) is 4.26. The minimum atomic E-state index is 0.460. The van der Waals surface area contributed by atoms with Gasteiger partial charge in [0.2, 0.25) is 0 Å². The molecule has 1 aliphatic carbocycles. The maximum atomic E-state index is 3.73. The fourth-order valence-electron chi connectivity index (χ4n) is 3.23. The Hall–Kier alpha value is -0.340. The van der Waals surface area contributed by atoms with Crippen LogP contribution in [-0.2, 0) is 0 Å². The van der Waals surface area contributed by atoms with Gasteiger partial charge < -0.3 is 5.32 Å². The minimum Gasteiger partial charge on any atom is -0.310 e. The molecule has 1 aromatic heterocycles. The molecule has 1 nitrogen and oxygen atoms in total. The molecule has 1 aromatic rings. The van der Waals surface area contributed by atoms with Crippen LogP contribution in [0.3, 0.4) is 0 Å². The van der Waals surface area contributed by atoms with Crippen molar-refractivity contribution in [1.29, 1.82) is 0 Å². The summed E-state index contributed by atoms with van der Waals surface area (Å²) in [6.45, 7) is 7.97. The molecule has 2 heteroatoms. The summed E-state index contributed by atoms with van der Waals surface area (Å²) in [5.74, 6) is 0. The van der Waals surface area contributed by atoms with Crippen LogP contribution in [0, 0.1) is 12.3 Å². The normalized spacial score (nSPS) is 21.4. The van der Waals surface area contributed by atoms with Gasteiger partial charge in [-0.2, -0.15) is 0 Å². The van der Waals surface area contributed by atoms with E-state index in [4.69, 9.17) is 0 Å². The molecule has 17 heavy (non-hydrogen) atoms. The van der Waals surface area contributed by atoms with Crippen molar-refractivity contribution in [3.05, 3.63) is 21.9 Å². The summed E-state index contributed by atoms with van der Waals surface area (Å²) in [6.07, 6.45) is 6.99. The second-order valence-electron chi connectivity index (χ2n) is 5.70. The van der Waals surface area contributed by atoms with E-state index in [0.717, 1.165) is 6.54 Å². The summed E-state index contributed by atoms with van der Waals surface area (Å²) in [5, 5.41) is 6.08. The SMILES string of the molecule is CCNC(c1csc(C)c1)C1(C)CCCCC1. The molecular formula is C15H25NS. The Morgan fingerprint density at radius 3 is 2.59 bits per heavy atom. The summed E-state index contributed by atoms with van der Waals surface area (Å²) >= 11 is 1.88. The van der Waals surface area contributed by atoms with Gasteiger partial charge in [0.25, 0.3) is 0 Å². The van der Waals surface area contributed by atoms with E-state index in [9.17, 15) is 0 Å². The highest BCUT2D eigenvalue weighted by Gasteiger charge is 2.36. The fraction of sp³-hybridized carbons (Fsp3) is 0.733. The molecule has 0 amide bonds. The quantitative estimate of drug-likeness (QED) is 0.819. The summed E-state index contributed by atoms with van der Waals surface area (Å²) in [6, 6.07) is 2.93. The molecule has 0 aromatic carbocycles. The van der Waals surface area contributed by atoms with Crippen LogP contribution in [0.15, 0.2) is 11.4 Å². The van der Waals surface area contributed by atoms with Gasteiger partial charge in [0.05, 0.1) is 0 Å². The predicted molar refractivity (Wildman–Crippen MR) is 76.7 cm³/mol. The van der Waals surface area contributed by atoms with Gasteiger partial charge in [-0.05, 0) is 48.7 Å². The molecule has 1 atom stereocenters. The maximum Gasteiger partial charge on any atom is 0.0382 e. The first-order chi connectivity index (χ1) is 8.15. The van der Waals surface area contributed by atoms with Gasteiger partial charge in [0.15, 0.2) is 0 Å². The van der Waals surface area contributed by atoms with Crippen molar-refractivity contribution in [3.63, 3.8) is 0 Å². The maximum absolute atomic E-state index is 3.73. The van der Waals surface area contributed by atoms with Crippen molar-refractivity contribution in [2.45, 2.75) is 58.9 Å². The molecule has 1 fully saturated rings. The Morgan fingerprint density at radius 2 is 2.06 bits per heavy atom. The van der Waals surface area contributed by atoms with E-state index >= 15 is 0 Å². The van der Waals surface area contributed by atoms with E-state index in [0.29, 0.717) is 11.5 Å². The van der Waals surface area contributed by atoms with Crippen molar-refractivity contribution in [1.82, 2.24) is 5.32 Å². The summed E-state index contributed by atoms with van der Waals surface area (Å²) < 4.78 is 0. The van der Waals surface area contributed by atoms with E-state index in [2.05, 4.69) is 37.5 Å². The van der Waals surface area contributed by atoms with Gasteiger partial charge in [0, 0.05) is 10.9 Å². The number of rotatable bonds is 4. The summed E-state index contributed by atoms with van der Waals surface area (Å²) in [7, 11) is 0. The molecule has 1 unspecified atom stereocenters. The van der Waals surface area contributed by atoms with Crippen LogP contribution in [0.25, 0.3) is 0 Å². The highest BCUT2D eigenvalue weighted by atomic mass is 32.1. The van der Waals surface area contributed by atoms with Crippen LogP contribution >= 0.6 is 11.3 Å². The molecule has 0 bridgehead atoms. The van der Waals surface area contributed by atoms with Gasteiger partial charge in [-0.15, -0.1) is 11.3 Å². The summed E-state index contributed by atoms with van der Waals surface area (Å²) in [4.78, 5) is 1.43. The largest absolute Gasteiger partial charge is 0.310 e. The third-order valence-corrected chi connectivity index (χ3v) is 5.06. The van der Waals surface area contributed by atoms with Crippen molar-refractivity contribution in [3.8, 4) is 0 Å². The second-order valence-corrected chi connectivity index (χ2v) is 6.81. The molecule has 0 radical (unpaired) electrons. The van der Waals surface area contributed by atoms with E-state index in [1.54, 1.807) is 0 Å². The van der Waals surface area contributed by atoms with E-state index in [-0.39, 0.29) is 0 Å². The van der Waals surface area contributed by atoms with Crippen molar-refractivity contribution < 1.29 is 0 Å². The fourth-order valence-corrected chi connectivity index (χ4v) is 3.96. The van der Waals surface area contributed by atoms with E-state index in [1.165, 1.54) is 42.5 Å². The second kappa shape index (κ2) is 5.53. The Bertz CT molecular complexity index is 350. The average Bonchev–Trinajstić information content (AvgIpc) is 2.73. The molecule has 0 spiro atoms. The first-order valence-electron chi connectivity index (χ1n) is 6.94. The third-order valence-electron chi connectivity index (χ3n) is 4.19. The van der Waals surface area contributed by atoms with Crippen LogP contribution < -0.4 is 5.32 Å². The number of hydrogen-bond acceptors (Lipinski definition) is 2. The molecular weight excluding hydrogens is 226 g/mol. The number of thiophene rings is 1. The Balaban J connectivity index is 2.21. The topological polar surface area (TPSA) is 12.0 Å². The zero-order valence-electron chi connectivity index (χ0n) is 11.4. The standard InChI is InChI=1S/C15H25NS/c1-4-16-14(13-10-12(2)17-11-13)15(3)8-6-5-7-9-15/h10-11,14,16H,4-9H2,1-3H3. The Labute approximate surface area is 110 Å². The van der Waals surface area contributed by atoms with Crippen LogP contribution in [-0.4, -0.2) is 6.54 Å². The average molecular weight is 251 g/mol. The molecule has 2 rings (SSSR count). The van der Waals surface area contributed by atoms with Crippen LogP contribution in [0.5, 0.6) is 0 Å². The highest BCUT2D eigenvalue weighted by Crippen LogP contribution is 2.46. The van der Waals surface area contributed by atoms with Gasteiger partial charge >= 0.3 is 0 Å². The predicted octanol–water partition coefficient (Wildman–Crippen LogP) is 4.68. The van der Waals surface area contributed by atoms with Gasteiger partial charge in [0.1, 0.15) is 0 Å². The van der Waals surface area contributed by atoms with Gasteiger partial charge in [-0.3, -0.25) is 0 Å². The van der Waals surface area contributed by atoms with Gasteiger partial charge in [-0.1, -0.05) is 33.1 Å². The lowest BCUT2D eigenvalue weighted by Gasteiger charge is -2.41. The van der Waals surface area contributed by atoms with Crippen LogP contribution in [0.2, 0.25) is 0 Å². The van der Waals surface area contributed by atoms with Gasteiger partial charge in [-0.25, -0.2) is 0 Å². The highest BCUT2D eigenvalue weighted by molar-refractivity contribution is 7.10. The lowest BCUT2D eigenvalue weighted by molar-refractivity contribution is 0.146. The zero-order chi connectivity index (χ0) is 12.3. The number of hydrogen-bond donors (Lipinski definition) is 1.